The number of rotatable bonds is 11. The molecule has 0 rings (SSSR count). The maximum absolute atomic E-state index is 5.32. The van der Waals surface area contributed by atoms with Crippen molar-refractivity contribution >= 4 is 5.96 Å². The molecule has 0 saturated carbocycles. The van der Waals surface area contributed by atoms with Gasteiger partial charge >= 0.3 is 0 Å². The Hall–Kier alpha value is -0.770. The highest BCUT2D eigenvalue weighted by Crippen LogP contribution is 2.06. The predicted octanol–water partition coefficient (Wildman–Crippen LogP) is 2.79. The maximum Gasteiger partial charge on any atom is 0.191 e. The van der Waals surface area contributed by atoms with E-state index >= 15 is 0 Å². The van der Waals surface area contributed by atoms with Gasteiger partial charge in [0.15, 0.2) is 5.96 Å². The number of unbranched alkanes of at least 4 members (excludes halogenated alkanes) is 1. The van der Waals surface area contributed by atoms with Crippen LogP contribution in [0.15, 0.2) is 4.99 Å². The van der Waals surface area contributed by atoms with E-state index in [1.54, 1.807) is 0 Å². The van der Waals surface area contributed by atoms with Crippen LogP contribution in [-0.4, -0.2) is 38.8 Å². The lowest BCUT2D eigenvalue weighted by atomic mass is 10.0. The summed E-state index contributed by atoms with van der Waals surface area (Å²) < 4.78 is 5.32. The first kappa shape index (κ1) is 18.2. The predicted molar refractivity (Wildman–Crippen MR) is 83.8 cm³/mol. The van der Waals surface area contributed by atoms with Crippen LogP contribution in [0.5, 0.6) is 0 Å². The van der Waals surface area contributed by atoms with E-state index in [-0.39, 0.29) is 0 Å². The van der Waals surface area contributed by atoms with E-state index in [2.05, 4.69) is 36.4 Å². The SMILES string of the molecule is CCNC(=NCC(CC)CC)NCCCCOCC. The van der Waals surface area contributed by atoms with Gasteiger partial charge in [-0.25, -0.2) is 0 Å². The largest absolute Gasteiger partial charge is 0.382 e. The molecule has 0 aromatic rings. The first-order chi connectivity index (χ1) is 9.28. The van der Waals surface area contributed by atoms with Gasteiger partial charge in [-0.15, -0.1) is 0 Å². The smallest absolute Gasteiger partial charge is 0.191 e. The van der Waals surface area contributed by atoms with Gasteiger partial charge in [-0.2, -0.15) is 0 Å². The molecule has 4 nitrogen and oxygen atoms in total. The molecule has 0 aliphatic carbocycles. The van der Waals surface area contributed by atoms with Crippen molar-refractivity contribution in [1.29, 1.82) is 0 Å². The van der Waals surface area contributed by atoms with Gasteiger partial charge in [0, 0.05) is 32.8 Å². The summed E-state index contributed by atoms with van der Waals surface area (Å²) in [5.41, 5.74) is 0. The van der Waals surface area contributed by atoms with Crippen LogP contribution >= 0.6 is 0 Å². The van der Waals surface area contributed by atoms with Crippen molar-refractivity contribution in [1.82, 2.24) is 10.6 Å². The van der Waals surface area contributed by atoms with Crippen LogP contribution in [0.1, 0.15) is 53.4 Å². The molecule has 0 spiro atoms. The van der Waals surface area contributed by atoms with Crippen LogP contribution in [-0.2, 0) is 4.74 Å². The van der Waals surface area contributed by atoms with Crippen LogP contribution in [0, 0.1) is 5.92 Å². The quantitative estimate of drug-likeness (QED) is 0.345. The number of ether oxygens (including phenoxy) is 1. The molecule has 0 aromatic carbocycles. The normalized spacial score (nSPS) is 11.9. The van der Waals surface area contributed by atoms with Crippen molar-refractivity contribution in [2.45, 2.75) is 53.4 Å². The minimum absolute atomic E-state index is 0.702. The lowest BCUT2D eigenvalue weighted by Crippen LogP contribution is -2.38. The Balaban J connectivity index is 3.86. The van der Waals surface area contributed by atoms with E-state index in [4.69, 9.17) is 4.74 Å². The number of hydrogen-bond acceptors (Lipinski definition) is 2. The third-order valence-electron chi connectivity index (χ3n) is 3.22. The second-order valence-corrected chi connectivity index (χ2v) is 4.73. The molecule has 0 saturated heterocycles. The second kappa shape index (κ2) is 13.7. The Morgan fingerprint density at radius 1 is 1.05 bits per heavy atom. The van der Waals surface area contributed by atoms with Crippen molar-refractivity contribution in [3.8, 4) is 0 Å². The summed E-state index contributed by atoms with van der Waals surface area (Å²) in [6.45, 7) is 13.1. The summed E-state index contributed by atoms with van der Waals surface area (Å²) in [4.78, 5) is 4.65. The Morgan fingerprint density at radius 3 is 2.37 bits per heavy atom. The summed E-state index contributed by atoms with van der Waals surface area (Å²) >= 11 is 0. The van der Waals surface area contributed by atoms with E-state index in [1.807, 2.05) is 6.92 Å². The highest BCUT2D eigenvalue weighted by atomic mass is 16.5. The van der Waals surface area contributed by atoms with Crippen molar-refractivity contribution in [2.75, 3.05) is 32.8 Å². The zero-order valence-electron chi connectivity index (χ0n) is 13.3. The zero-order valence-corrected chi connectivity index (χ0v) is 13.3. The highest BCUT2D eigenvalue weighted by Gasteiger charge is 2.03. The van der Waals surface area contributed by atoms with Gasteiger partial charge in [-0.1, -0.05) is 26.7 Å². The van der Waals surface area contributed by atoms with Crippen molar-refractivity contribution in [2.24, 2.45) is 10.9 Å². The number of guanidine groups is 1. The van der Waals surface area contributed by atoms with E-state index in [0.29, 0.717) is 5.92 Å². The average Bonchev–Trinajstić information content (AvgIpc) is 2.43. The van der Waals surface area contributed by atoms with Crippen LogP contribution in [0.4, 0.5) is 0 Å². The molecule has 0 aliphatic heterocycles. The Labute approximate surface area is 119 Å². The van der Waals surface area contributed by atoms with Crippen LogP contribution < -0.4 is 10.6 Å². The molecule has 0 amide bonds. The number of nitrogens with one attached hydrogen (secondary N) is 2. The van der Waals surface area contributed by atoms with E-state index in [9.17, 15) is 0 Å². The molecule has 0 atom stereocenters. The lowest BCUT2D eigenvalue weighted by Gasteiger charge is -2.13. The second-order valence-electron chi connectivity index (χ2n) is 4.73. The molecule has 0 radical (unpaired) electrons. The van der Waals surface area contributed by atoms with Gasteiger partial charge in [0.25, 0.3) is 0 Å². The standard InChI is InChI=1S/C15H33N3O/c1-5-14(6-2)13-18-15(16-7-3)17-11-9-10-12-19-8-4/h14H,5-13H2,1-4H3,(H2,16,17,18). The van der Waals surface area contributed by atoms with E-state index in [1.165, 1.54) is 12.8 Å². The molecular weight excluding hydrogens is 238 g/mol. The monoisotopic (exact) mass is 271 g/mol. The van der Waals surface area contributed by atoms with Gasteiger partial charge in [0.2, 0.25) is 0 Å². The van der Waals surface area contributed by atoms with Gasteiger partial charge in [-0.05, 0) is 32.6 Å². The van der Waals surface area contributed by atoms with Gasteiger partial charge < -0.3 is 15.4 Å². The third-order valence-corrected chi connectivity index (χ3v) is 3.22. The molecule has 2 N–H and O–H groups in total. The Kier molecular flexibility index (Phi) is 13.1. The molecule has 114 valence electrons. The molecule has 4 heteroatoms. The molecule has 0 bridgehead atoms. The minimum Gasteiger partial charge on any atom is -0.382 e. The summed E-state index contributed by atoms with van der Waals surface area (Å²) in [6, 6.07) is 0. The fraction of sp³-hybridized carbons (Fsp3) is 0.933. The molecule has 0 aromatic heterocycles. The van der Waals surface area contributed by atoms with Gasteiger partial charge in [-0.3, -0.25) is 4.99 Å². The zero-order chi connectivity index (χ0) is 14.3. The summed E-state index contributed by atoms with van der Waals surface area (Å²) in [7, 11) is 0. The number of nitrogens with zero attached hydrogens (tertiary/aromatic N) is 1. The first-order valence-electron chi connectivity index (χ1n) is 7.88. The van der Waals surface area contributed by atoms with Crippen LogP contribution in [0.25, 0.3) is 0 Å². The van der Waals surface area contributed by atoms with Gasteiger partial charge in [0.05, 0.1) is 0 Å². The summed E-state index contributed by atoms with van der Waals surface area (Å²) in [5.74, 6) is 1.65. The lowest BCUT2D eigenvalue weighted by molar-refractivity contribution is 0.143. The van der Waals surface area contributed by atoms with Crippen molar-refractivity contribution in [3.05, 3.63) is 0 Å². The topological polar surface area (TPSA) is 45.7 Å². The number of aliphatic imine (C=N–C) groups is 1. The van der Waals surface area contributed by atoms with Crippen molar-refractivity contribution in [3.63, 3.8) is 0 Å². The van der Waals surface area contributed by atoms with E-state index < -0.39 is 0 Å². The van der Waals surface area contributed by atoms with Crippen LogP contribution in [0.3, 0.4) is 0 Å². The Morgan fingerprint density at radius 2 is 1.79 bits per heavy atom. The molecule has 0 fully saturated rings. The van der Waals surface area contributed by atoms with Crippen molar-refractivity contribution < 1.29 is 4.74 Å². The Bertz CT molecular complexity index is 215. The highest BCUT2D eigenvalue weighted by molar-refractivity contribution is 5.79. The maximum atomic E-state index is 5.32. The molecule has 19 heavy (non-hydrogen) atoms. The number of hydrogen-bond donors (Lipinski definition) is 2. The van der Waals surface area contributed by atoms with Gasteiger partial charge in [0.1, 0.15) is 0 Å². The first-order valence-corrected chi connectivity index (χ1v) is 7.88. The fourth-order valence-corrected chi connectivity index (χ4v) is 1.79. The fourth-order valence-electron chi connectivity index (χ4n) is 1.79. The summed E-state index contributed by atoms with van der Waals surface area (Å²) in [6.07, 6.45) is 4.63. The molecule has 0 aliphatic rings. The summed E-state index contributed by atoms with van der Waals surface area (Å²) in [5, 5.41) is 6.68. The minimum atomic E-state index is 0.702. The molecule has 0 heterocycles. The van der Waals surface area contributed by atoms with Crippen LogP contribution in [0.2, 0.25) is 0 Å². The molecule has 0 unspecified atom stereocenters. The van der Waals surface area contributed by atoms with E-state index in [0.717, 1.165) is 51.6 Å². The average molecular weight is 271 g/mol. The molecular formula is C15H33N3O. The third kappa shape index (κ3) is 10.8.